The Hall–Kier alpha value is -4.45. The maximum atomic E-state index is 12.8. The Bertz CT molecular complexity index is 1590. The number of para-hydroxylation sites is 2. The van der Waals surface area contributed by atoms with Gasteiger partial charge in [0.1, 0.15) is 17.1 Å². The van der Waals surface area contributed by atoms with Gasteiger partial charge in [0, 0.05) is 57.9 Å². The molecule has 1 amide bonds. The van der Waals surface area contributed by atoms with Gasteiger partial charge in [-0.2, -0.15) is 0 Å². The third-order valence-electron chi connectivity index (χ3n) is 6.51. The molecule has 0 aliphatic carbocycles. The summed E-state index contributed by atoms with van der Waals surface area (Å²) in [5.74, 6) is 1.30. The van der Waals surface area contributed by atoms with E-state index in [1.54, 1.807) is 19.4 Å². The second-order valence-corrected chi connectivity index (χ2v) is 8.86. The lowest BCUT2D eigenvalue weighted by Gasteiger charge is -2.12. The van der Waals surface area contributed by atoms with E-state index in [9.17, 15) is 4.79 Å². The third-order valence-corrected chi connectivity index (χ3v) is 6.51. The lowest BCUT2D eigenvalue weighted by atomic mass is 9.98. The van der Waals surface area contributed by atoms with Crippen molar-refractivity contribution in [2.75, 3.05) is 20.3 Å². The topological polar surface area (TPSA) is 76.5 Å². The highest BCUT2D eigenvalue weighted by molar-refractivity contribution is 6.01. The van der Waals surface area contributed by atoms with Gasteiger partial charge >= 0.3 is 0 Å². The predicted molar refractivity (Wildman–Crippen MR) is 148 cm³/mol. The first-order valence-electron chi connectivity index (χ1n) is 12.4. The Kier molecular flexibility index (Phi) is 6.99. The van der Waals surface area contributed by atoms with Crippen LogP contribution in [-0.4, -0.2) is 31.2 Å². The van der Waals surface area contributed by atoms with Crippen LogP contribution in [0.4, 0.5) is 0 Å². The molecule has 0 bridgehead atoms. The van der Waals surface area contributed by atoms with Crippen LogP contribution in [0.15, 0.2) is 83.6 Å². The van der Waals surface area contributed by atoms with E-state index in [1.165, 1.54) is 10.9 Å². The minimum Gasteiger partial charge on any atom is -0.496 e. The van der Waals surface area contributed by atoms with E-state index in [0.29, 0.717) is 24.5 Å². The summed E-state index contributed by atoms with van der Waals surface area (Å²) in [6, 6.07) is 19.9. The number of H-pyrrole nitrogens is 1. The first kappa shape index (κ1) is 24.3. The zero-order chi connectivity index (χ0) is 25.8. The molecular weight excluding hydrogens is 464 g/mol. The third kappa shape index (κ3) is 4.96. The number of nitrogens with one attached hydrogen (secondary N) is 2. The van der Waals surface area contributed by atoms with Gasteiger partial charge in [-0.3, -0.25) is 4.79 Å². The van der Waals surface area contributed by atoms with Gasteiger partial charge in [0.25, 0.3) is 0 Å². The molecule has 0 fully saturated rings. The standard InChI is InChI=1S/C31H30N2O4/c1-4-36-29-17-30-25(26(19-37-30)23-10-6-8-12-28(23)35-3)16-24(29)20(2)15-31(34)32-14-13-21-18-33-27-11-7-5-9-22(21)27/h5-12,15-19,33H,4,13-14H2,1-3H3,(H,32,34)/b20-15+. The van der Waals surface area contributed by atoms with Crippen LogP contribution in [0.1, 0.15) is 25.0 Å². The minimum atomic E-state index is -0.142. The van der Waals surface area contributed by atoms with Crippen molar-refractivity contribution in [1.82, 2.24) is 10.3 Å². The Labute approximate surface area is 215 Å². The molecule has 6 heteroatoms. The molecule has 2 heterocycles. The fourth-order valence-electron chi connectivity index (χ4n) is 4.70. The molecular formula is C31H30N2O4. The molecule has 0 saturated carbocycles. The van der Waals surface area contributed by atoms with Crippen LogP contribution in [0.25, 0.3) is 38.6 Å². The number of benzene rings is 3. The molecule has 0 aliphatic rings. The Morgan fingerprint density at radius 3 is 2.68 bits per heavy atom. The normalized spacial score (nSPS) is 11.7. The molecule has 3 aromatic carbocycles. The highest BCUT2D eigenvalue weighted by Crippen LogP contribution is 2.40. The summed E-state index contributed by atoms with van der Waals surface area (Å²) in [6.45, 7) is 4.91. The number of carbonyl (C=O) groups is 1. The number of furan rings is 1. The number of allylic oxidation sites excluding steroid dienone is 1. The van der Waals surface area contributed by atoms with Gasteiger partial charge in [0.2, 0.25) is 5.91 Å². The molecule has 2 aromatic heterocycles. The number of fused-ring (bicyclic) bond motifs is 2. The molecule has 37 heavy (non-hydrogen) atoms. The number of amides is 1. The minimum absolute atomic E-state index is 0.142. The van der Waals surface area contributed by atoms with E-state index in [-0.39, 0.29) is 5.91 Å². The number of rotatable bonds is 9. The van der Waals surface area contributed by atoms with Crippen molar-refractivity contribution in [1.29, 1.82) is 0 Å². The van der Waals surface area contributed by atoms with Crippen LogP contribution < -0.4 is 14.8 Å². The van der Waals surface area contributed by atoms with Gasteiger partial charge in [-0.05, 0) is 49.6 Å². The lowest BCUT2D eigenvalue weighted by molar-refractivity contribution is -0.116. The predicted octanol–water partition coefficient (Wildman–Crippen LogP) is 6.75. The van der Waals surface area contributed by atoms with Gasteiger partial charge < -0.3 is 24.2 Å². The van der Waals surface area contributed by atoms with Gasteiger partial charge in [0.15, 0.2) is 0 Å². The van der Waals surface area contributed by atoms with Gasteiger partial charge in [0.05, 0.1) is 20.0 Å². The van der Waals surface area contributed by atoms with Crippen LogP contribution in [0.2, 0.25) is 0 Å². The molecule has 6 nitrogen and oxygen atoms in total. The van der Waals surface area contributed by atoms with Gasteiger partial charge in [-0.25, -0.2) is 0 Å². The second-order valence-electron chi connectivity index (χ2n) is 8.86. The zero-order valence-corrected chi connectivity index (χ0v) is 21.3. The number of aromatic amines is 1. The van der Waals surface area contributed by atoms with E-state index in [4.69, 9.17) is 13.9 Å². The Morgan fingerprint density at radius 2 is 1.84 bits per heavy atom. The molecule has 5 rings (SSSR count). The summed E-state index contributed by atoms with van der Waals surface area (Å²) in [4.78, 5) is 16.1. The highest BCUT2D eigenvalue weighted by atomic mass is 16.5. The second kappa shape index (κ2) is 10.7. The summed E-state index contributed by atoms with van der Waals surface area (Å²) in [5.41, 5.74) is 6.52. The molecule has 5 aromatic rings. The number of hydrogen-bond acceptors (Lipinski definition) is 4. The lowest BCUT2D eigenvalue weighted by Crippen LogP contribution is -2.23. The zero-order valence-electron chi connectivity index (χ0n) is 21.3. The molecule has 188 valence electrons. The molecule has 2 N–H and O–H groups in total. The smallest absolute Gasteiger partial charge is 0.244 e. The maximum absolute atomic E-state index is 12.8. The summed E-state index contributed by atoms with van der Waals surface area (Å²) in [6.07, 6.45) is 6.11. The van der Waals surface area contributed by atoms with Crippen molar-refractivity contribution in [3.8, 4) is 22.6 Å². The number of methoxy groups -OCH3 is 1. The van der Waals surface area contributed by atoms with Crippen molar-refractivity contribution < 1.29 is 18.7 Å². The molecule has 0 radical (unpaired) electrons. The summed E-state index contributed by atoms with van der Waals surface area (Å²) < 4.78 is 17.4. The van der Waals surface area contributed by atoms with Crippen molar-refractivity contribution in [3.63, 3.8) is 0 Å². The van der Waals surface area contributed by atoms with E-state index < -0.39 is 0 Å². The molecule has 0 spiro atoms. The average molecular weight is 495 g/mol. The van der Waals surface area contributed by atoms with Crippen LogP contribution in [0.3, 0.4) is 0 Å². The average Bonchev–Trinajstić information content (AvgIpc) is 3.52. The van der Waals surface area contributed by atoms with Crippen LogP contribution in [0, 0.1) is 0 Å². The maximum Gasteiger partial charge on any atom is 0.244 e. The number of carbonyl (C=O) groups excluding carboxylic acids is 1. The number of aromatic nitrogens is 1. The number of ether oxygens (including phenoxy) is 2. The van der Waals surface area contributed by atoms with Crippen molar-refractivity contribution in [2.24, 2.45) is 0 Å². The van der Waals surface area contributed by atoms with E-state index in [0.717, 1.165) is 45.3 Å². The first-order valence-corrected chi connectivity index (χ1v) is 12.4. The van der Waals surface area contributed by atoms with Gasteiger partial charge in [-0.15, -0.1) is 0 Å². The first-order chi connectivity index (χ1) is 18.1. The van der Waals surface area contributed by atoms with Crippen molar-refractivity contribution >= 4 is 33.4 Å². The SMILES string of the molecule is CCOc1cc2occ(-c3ccccc3OC)c2cc1/C(C)=C/C(=O)NCCc1c[nH]c2ccccc12. The summed E-state index contributed by atoms with van der Waals surface area (Å²) in [5, 5.41) is 5.13. The summed E-state index contributed by atoms with van der Waals surface area (Å²) in [7, 11) is 1.66. The Balaban J connectivity index is 1.39. The molecule has 0 aliphatic heterocycles. The van der Waals surface area contributed by atoms with E-state index >= 15 is 0 Å². The van der Waals surface area contributed by atoms with E-state index in [1.807, 2.05) is 68.6 Å². The van der Waals surface area contributed by atoms with Crippen LogP contribution in [-0.2, 0) is 11.2 Å². The molecule has 0 saturated heterocycles. The quantitative estimate of drug-likeness (QED) is 0.222. The molecule has 0 unspecified atom stereocenters. The molecule has 0 atom stereocenters. The fraction of sp³-hybridized carbons (Fsp3) is 0.194. The van der Waals surface area contributed by atoms with Crippen LogP contribution in [0.5, 0.6) is 11.5 Å². The number of hydrogen-bond donors (Lipinski definition) is 2. The summed E-state index contributed by atoms with van der Waals surface area (Å²) >= 11 is 0. The van der Waals surface area contributed by atoms with Crippen LogP contribution >= 0.6 is 0 Å². The van der Waals surface area contributed by atoms with Crippen molar-refractivity contribution in [3.05, 3.63) is 90.3 Å². The van der Waals surface area contributed by atoms with E-state index in [2.05, 4.69) is 22.4 Å². The fourth-order valence-corrected chi connectivity index (χ4v) is 4.70. The highest BCUT2D eigenvalue weighted by Gasteiger charge is 2.17. The van der Waals surface area contributed by atoms with Crippen molar-refractivity contribution in [2.45, 2.75) is 20.3 Å². The Morgan fingerprint density at radius 1 is 1.03 bits per heavy atom. The largest absolute Gasteiger partial charge is 0.496 e. The monoisotopic (exact) mass is 494 g/mol. The van der Waals surface area contributed by atoms with Gasteiger partial charge in [-0.1, -0.05) is 36.4 Å².